The molecule has 0 aliphatic heterocycles. The average Bonchev–Trinajstić information content (AvgIpc) is 2.64. The number of rotatable bonds is 3. The quantitative estimate of drug-likeness (QED) is 0.543. The zero-order valence-electron chi connectivity index (χ0n) is 6.62. The summed E-state index contributed by atoms with van der Waals surface area (Å²) in [5, 5.41) is 15.5. The van der Waals surface area contributed by atoms with Crippen LogP contribution in [0.25, 0.3) is 0 Å². The molecule has 0 radical (unpaired) electrons. The Bertz CT molecular complexity index is 201. The largest absolute Gasteiger partial charge is 0.379 e. The third kappa shape index (κ3) is 3.84. The summed E-state index contributed by atoms with van der Waals surface area (Å²) >= 11 is 1.38. The number of nitrogens with one attached hydrogen (secondary N) is 1. The maximum absolute atomic E-state index is 8.35. The summed E-state index contributed by atoms with van der Waals surface area (Å²) in [7, 11) is 0. The monoisotopic (exact) mass is 205 g/mol. The molecule has 0 spiro atoms. The van der Waals surface area contributed by atoms with Crippen molar-refractivity contribution in [2.24, 2.45) is 17.6 Å². The van der Waals surface area contributed by atoms with Crippen LogP contribution in [0.1, 0.15) is 12.8 Å². The van der Waals surface area contributed by atoms with E-state index in [1.807, 2.05) is 0 Å². The van der Waals surface area contributed by atoms with Gasteiger partial charge in [0.1, 0.15) is 0 Å². The molecular formula is C7H12ClN3S. The summed E-state index contributed by atoms with van der Waals surface area (Å²) in [5.41, 5.74) is 5.17. The zero-order valence-corrected chi connectivity index (χ0v) is 8.25. The van der Waals surface area contributed by atoms with Crippen LogP contribution in [-0.4, -0.2) is 10.9 Å². The molecule has 2 unspecified atom stereocenters. The molecule has 1 rings (SSSR count). The lowest BCUT2D eigenvalue weighted by Gasteiger charge is -1.94. The summed E-state index contributed by atoms with van der Waals surface area (Å²) in [6.07, 6.45) is 1.82. The van der Waals surface area contributed by atoms with E-state index in [9.17, 15) is 0 Å². The molecule has 1 fully saturated rings. The molecule has 0 aromatic rings. The van der Waals surface area contributed by atoms with Gasteiger partial charge in [0.05, 0.1) is 6.07 Å². The first kappa shape index (κ1) is 11.6. The van der Waals surface area contributed by atoms with E-state index in [1.54, 1.807) is 0 Å². The van der Waals surface area contributed by atoms with Crippen molar-refractivity contribution in [1.29, 1.82) is 10.7 Å². The molecule has 68 valence electrons. The molecule has 1 aliphatic carbocycles. The molecule has 3 N–H and O–H groups in total. The van der Waals surface area contributed by atoms with Gasteiger partial charge in [0.25, 0.3) is 0 Å². The smallest absolute Gasteiger partial charge is 0.151 e. The minimum Gasteiger partial charge on any atom is -0.379 e. The Morgan fingerprint density at radius 2 is 2.33 bits per heavy atom. The fourth-order valence-electron chi connectivity index (χ4n) is 1.08. The molecule has 5 heteroatoms. The average molecular weight is 206 g/mol. The minimum atomic E-state index is 0. The standard InChI is InChI=1S/C7H11N3S.ClH/c8-2-1-5-3-6(5)4-11-7(9)10;/h5-6H,1,3-4H2,(H3,9,10);1H. The molecule has 0 heterocycles. The van der Waals surface area contributed by atoms with Crippen LogP contribution < -0.4 is 5.73 Å². The first-order chi connectivity index (χ1) is 5.24. The number of nitrogens with zero attached hydrogens (tertiary/aromatic N) is 1. The van der Waals surface area contributed by atoms with Crippen LogP contribution in [0.4, 0.5) is 0 Å². The topological polar surface area (TPSA) is 73.7 Å². The Morgan fingerprint density at radius 1 is 1.67 bits per heavy atom. The van der Waals surface area contributed by atoms with Gasteiger partial charge in [-0.15, -0.1) is 12.4 Å². The second-order valence-electron chi connectivity index (χ2n) is 2.79. The van der Waals surface area contributed by atoms with Crippen molar-refractivity contribution in [2.45, 2.75) is 12.8 Å². The van der Waals surface area contributed by atoms with Crippen LogP contribution in [0, 0.1) is 28.6 Å². The molecule has 3 nitrogen and oxygen atoms in total. The van der Waals surface area contributed by atoms with Crippen LogP contribution in [0.3, 0.4) is 0 Å². The minimum absolute atomic E-state index is 0. The summed E-state index contributed by atoms with van der Waals surface area (Å²) in [5.74, 6) is 2.15. The van der Waals surface area contributed by atoms with Crippen LogP contribution >= 0.6 is 24.2 Å². The molecule has 0 saturated heterocycles. The van der Waals surface area contributed by atoms with Gasteiger partial charge >= 0.3 is 0 Å². The van der Waals surface area contributed by atoms with Gasteiger partial charge in [-0.25, -0.2) is 0 Å². The van der Waals surface area contributed by atoms with E-state index in [0.717, 1.165) is 12.2 Å². The number of halogens is 1. The third-order valence-corrected chi connectivity index (χ3v) is 2.78. The molecule has 0 amide bonds. The highest BCUT2D eigenvalue weighted by Gasteiger charge is 2.36. The van der Waals surface area contributed by atoms with Crippen molar-refractivity contribution >= 4 is 29.3 Å². The van der Waals surface area contributed by atoms with Crippen molar-refractivity contribution < 1.29 is 0 Å². The van der Waals surface area contributed by atoms with E-state index < -0.39 is 0 Å². The van der Waals surface area contributed by atoms with E-state index in [2.05, 4.69) is 6.07 Å². The number of hydrogen-bond donors (Lipinski definition) is 2. The SMILES string of the molecule is Cl.N#CCC1CC1CSC(=N)N. The third-order valence-electron chi connectivity index (χ3n) is 1.88. The van der Waals surface area contributed by atoms with Gasteiger partial charge in [0, 0.05) is 12.2 Å². The molecule has 0 aromatic carbocycles. The maximum Gasteiger partial charge on any atom is 0.151 e. The molecule has 12 heavy (non-hydrogen) atoms. The number of amidine groups is 1. The Morgan fingerprint density at radius 3 is 2.83 bits per heavy atom. The van der Waals surface area contributed by atoms with Crippen molar-refractivity contribution in [2.75, 3.05) is 5.75 Å². The molecule has 0 bridgehead atoms. The fourth-order valence-corrected chi connectivity index (χ4v) is 1.88. The van der Waals surface area contributed by atoms with Gasteiger partial charge < -0.3 is 5.73 Å². The molecule has 2 atom stereocenters. The van der Waals surface area contributed by atoms with E-state index in [-0.39, 0.29) is 17.6 Å². The normalized spacial score (nSPS) is 25.2. The van der Waals surface area contributed by atoms with Crippen LogP contribution in [-0.2, 0) is 0 Å². The number of thioether (sulfide) groups is 1. The van der Waals surface area contributed by atoms with Crippen molar-refractivity contribution in [3.8, 4) is 6.07 Å². The van der Waals surface area contributed by atoms with Crippen molar-refractivity contribution in [3.05, 3.63) is 0 Å². The number of hydrogen-bond acceptors (Lipinski definition) is 3. The van der Waals surface area contributed by atoms with Gasteiger partial charge in [-0.3, -0.25) is 5.41 Å². The highest BCUT2D eigenvalue weighted by molar-refractivity contribution is 8.13. The number of nitriles is 1. The summed E-state index contributed by atoms with van der Waals surface area (Å²) in [6, 6.07) is 2.15. The fraction of sp³-hybridized carbons (Fsp3) is 0.714. The molecule has 1 aliphatic rings. The van der Waals surface area contributed by atoms with Gasteiger partial charge in [0.15, 0.2) is 5.17 Å². The highest BCUT2D eigenvalue weighted by atomic mass is 35.5. The predicted molar refractivity (Wildman–Crippen MR) is 53.4 cm³/mol. The van der Waals surface area contributed by atoms with Crippen LogP contribution in [0.5, 0.6) is 0 Å². The first-order valence-electron chi connectivity index (χ1n) is 3.57. The van der Waals surface area contributed by atoms with E-state index in [4.69, 9.17) is 16.4 Å². The van der Waals surface area contributed by atoms with Crippen LogP contribution in [0.2, 0.25) is 0 Å². The Hall–Kier alpha value is -0.400. The van der Waals surface area contributed by atoms with E-state index >= 15 is 0 Å². The second kappa shape index (κ2) is 5.28. The van der Waals surface area contributed by atoms with Crippen molar-refractivity contribution in [1.82, 2.24) is 0 Å². The number of nitrogens with two attached hydrogens (primary N) is 1. The Labute approximate surface area is 82.6 Å². The summed E-state index contributed by atoms with van der Waals surface area (Å²) in [4.78, 5) is 0. The summed E-state index contributed by atoms with van der Waals surface area (Å²) in [6.45, 7) is 0. The van der Waals surface area contributed by atoms with Gasteiger partial charge in [-0.1, -0.05) is 11.8 Å². The lowest BCUT2D eigenvalue weighted by atomic mass is 10.3. The lowest BCUT2D eigenvalue weighted by molar-refractivity contribution is 0.781. The van der Waals surface area contributed by atoms with E-state index in [0.29, 0.717) is 18.3 Å². The van der Waals surface area contributed by atoms with Crippen molar-refractivity contribution in [3.63, 3.8) is 0 Å². The van der Waals surface area contributed by atoms with Crippen LogP contribution in [0.15, 0.2) is 0 Å². The maximum atomic E-state index is 8.35. The van der Waals surface area contributed by atoms with Gasteiger partial charge in [-0.2, -0.15) is 5.26 Å². The lowest BCUT2D eigenvalue weighted by Crippen LogP contribution is -2.05. The molecule has 1 saturated carbocycles. The first-order valence-corrected chi connectivity index (χ1v) is 4.56. The zero-order chi connectivity index (χ0) is 8.27. The van der Waals surface area contributed by atoms with Gasteiger partial charge in [0.2, 0.25) is 0 Å². The molecule has 0 aromatic heterocycles. The Kier molecular flexibility index (Phi) is 5.11. The molecular weight excluding hydrogens is 194 g/mol. The summed E-state index contributed by atoms with van der Waals surface area (Å²) < 4.78 is 0. The van der Waals surface area contributed by atoms with E-state index in [1.165, 1.54) is 11.8 Å². The van der Waals surface area contributed by atoms with Gasteiger partial charge in [-0.05, 0) is 18.3 Å². The Balaban J connectivity index is 0.00000121. The highest BCUT2D eigenvalue weighted by Crippen LogP contribution is 2.42. The second-order valence-corrected chi connectivity index (χ2v) is 3.86. The predicted octanol–water partition coefficient (Wildman–Crippen LogP) is 1.58.